The van der Waals surface area contributed by atoms with Gasteiger partial charge in [0, 0.05) is 0 Å². The number of carbonyl (C=O) groups is 2. The van der Waals surface area contributed by atoms with Crippen molar-refractivity contribution in [1.29, 1.82) is 0 Å². The van der Waals surface area contributed by atoms with Gasteiger partial charge in [-0.05, 0) is 31.0 Å². The third-order valence-electron chi connectivity index (χ3n) is 2.79. The van der Waals surface area contributed by atoms with Crippen LogP contribution in [0.2, 0.25) is 0 Å². The lowest BCUT2D eigenvalue weighted by atomic mass is 10.1. The van der Waals surface area contributed by atoms with Gasteiger partial charge in [0.15, 0.2) is 0 Å². The number of esters is 1. The van der Waals surface area contributed by atoms with E-state index < -0.39 is 30.1 Å². The van der Waals surface area contributed by atoms with Crippen LogP contribution >= 0.6 is 0 Å². The van der Waals surface area contributed by atoms with Gasteiger partial charge in [-0.15, -0.1) is 0 Å². The fourth-order valence-corrected chi connectivity index (χ4v) is 1.51. The zero-order valence-corrected chi connectivity index (χ0v) is 11.0. The van der Waals surface area contributed by atoms with E-state index in [1.54, 1.807) is 12.1 Å². The summed E-state index contributed by atoms with van der Waals surface area (Å²) in [7, 11) is 0. The third-order valence-corrected chi connectivity index (χ3v) is 2.79. The van der Waals surface area contributed by atoms with Crippen LogP contribution in [0.15, 0.2) is 24.3 Å². The van der Waals surface area contributed by atoms with Crippen molar-refractivity contribution in [2.24, 2.45) is 11.5 Å². The van der Waals surface area contributed by atoms with Gasteiger partial charge in [-0.3, -0.25) is 9.59 Å². The lowest BCUT2D eigenvalue weighted by Crippen LogP contribution is -2.45. The molecule has 0 aliphatic carbocycles. The van der Waals surface area contributed by atoms with E-state index in [-0.39, 0.29) is 12.2 Å². The summed E-state index contributed by atoms with van der Waals surface area (Å²) < 4.78 is 4.91. The standard InChI is InChI=1S/C13H18N2O5/c1-7(11(15)12(17)18)20-13(19)10(14)6-8-2-4-9(16)5-3-8/h2-5,7,10-11,16H,6,14-15H2,1H3,(H,17,18)/t7-,10+,11+/m1/s1. The lowest BCUT2D eigenvalue weighted by molar-refractivity contribution is -0.154. The number of hydrogen-bond donors (Lipinski definition) is 4. The molecule has 0 bridgehead atoms. The van der Waals surface area contributed by atoms with Gasteiger partial charge in [-0.1, -0.05) is 12.1 Å². The van der Waals surface area contributed by atoms with Crippen molar-refractivity contribution in [2.75, 3.05) is 0 Å². The first-order valence-corrected chi connectivity index (χ1v) is 6.03. The van der Waals surface area contributed by atoms with Crippen molar-refractivity contribution in [3.8, 4) is 5.75 Å². The number of carboxylic acids is 1. The number of hydrogen-bond acceptors (Lipinski definition) is 6. The minimum atomic E-state index is -1.29. The molecular weight excluding hydrogens is 264 g/mol. The second-order valence-corrected chi connectivity index (χ2v) is 4.48. The van der Waals surface area contributed by atoms with Crippen LogP contribution in [-0.4, -0.2) is 40.3 Å². The van der Waals surface area contributed by atoms with Crippen molar-refractivity contribution in [1.82, 2.24) is 0 Å². The number of nitrogens with two attached hydrogens (primary N) is 2. The van der Waals surface area contributed by atoms with Gasteiger partial charge >= 0.3 is 11.9 Å². The second kappa shape index (κ2) is 6.88. The molecule has 0 heterocycles. The smallest absolute Gasteiger partial charge is 0.324 e. The number of aromatic hydroxyl groups is 1. The van der Waals surface area contributed by atoms with E-state index in [4.69, 9.17) is 26.4 Å². The molecule has 0 saturated heterocycles. The van der Waals surface area contributed by atoms with Gasteiger partial charge < -0.3 is 26.4 Å². The first-order valence-electron chi connectivity index (χ1n) is 6.03. The summed E-state index contributed by atoms with van der Waals surface area (Å²) in [4.78, 5) is 22.4. The molecule has 1 rings (SSSR count). The zero-order chi connectivity index (χ0) is 15.3. The van der Waals surface area contributed by atoms with Crippen LogP contribution in [-0.2, 0) is 20.7 Å². The van der Waals surface area contributed by atoms with Crippen molar-refractivity contribution in [3.63, 3.8) is 0 Å². The molecule has 0 aliphatic rings. The minimum absolute atomic E-state index is 0.117. The number of phenolic OH excluding ortho intramolecular Hbond substituents is 1. The number of phenols is 1. The fourth-order valence-electron chi connectivity index (χ4n) is 1.51. The summed E-state index contributed by atoms with van der Waals surface area (Å²) in [6.45, 7) is 1.39. The quantitative estimate of drug-likeness (QED) is 0.521. The molecular formula is C13H18N2O5. The summed E-state index contributed by atoms with van der Waals surface area (Å²) in [6, 6.07) is 4.01. The topological polar surface area (TPSA) is 136 Å². The number of aliphatic carboxylic acids is 1. The Hall–Kier alpha value is -2.12. The van der Waals surface area contributed by atoms with Crippen LogP contribution in [0.25, 0.3) is 0 Å². The summed E-state index contributed by atoms with van der Waals surface area (Å²) >= 11 is 0. The summed E-state index contributed by atoms with van der Waals surface area (Å²) in [6.07, 6.45) is -0.750. The Labute approximate surface area is 116 Å². The van der Waals surface area contributed by atoms with E-state index in [1.165, 1.54) is 19.1 Å². The largest absolute Gasteiger partial charge is 0.508 e. The van der Waals surface area contributed by atoms with Gasteiger partial charge in [0.25, 0.3) is 0 Å². The molecule has 110 valence electrons. The van der Waals surface area contributed by atoms with Crippen LogP contribution in [0.1, 0.15) is 12.5 Å². The second-order valence-electron chi connectivity index (χ2n) is 4.48. The molecule has 1 aromatic rings. The molecule has 7 heteroatoms. The predicted molar refractivity (Wildman–Crippen MR) is 71.0 cm³/mol. The highest BCUT2D eigenvalue weighted by molar-refractivity contribution is 5.78. The average molecular weight is 282 g/mol. The molecule has 20 heavy (non-hydrogen) atoms. The Morgan fingerprint density at radius 1 is 1.25 bits per heavy atom. The van der Waals surface area contributed by atoms with E-state index >= 15 is 0 Å². The van der Waals surface area contributed by atoms with Gasteiger partial charge in [-0.2, -0.15) is 0 Å². The molecule has 6 N–H and O–H groups in total. The van der Waals surface area contributed by atoms with Crippen molar-refractivity contribution in [3.05, 3.63) is 29.8 Å². The molecule has 7 nitrogen and oxygen atoms in total. The first-order chi connectivity index (χ1) is 9.31. The Bertz CT molecular complexity index is 474. The highest BCUT2D eigenvalue weighted by Gasteiger charge is 2.26. The van der Waals surface area contributed by atoms with Crippen LogP contribution in [0.4, 0.5) is 0 Å². The molecule has 0 unspecified atom stereocenters. The van der Waals surface area contributed by atoms with Gasteiger partial charge in [0.1, 0.15) is 23.9 Å². The molecule has 1 aromatic carbocycles. The van der Waals surface area contributed by atoms with Crippen LogP contribution in [0, 0.1) is 0 Å². The van der Waals surface area contributed by atoms with Gasteiger partial charge in [0.2, 0.25) is 0 Å². The molecule has 0 spiro atoms. The van der Waals surface area contributed by atoms with E-state index in [9.17, 15) is 9.59 Å². The van der Waals surface area contributed by atoms with Gasteiger partial charge in [0.05, 0.1) is 0 Å². The van der Waals surface area contributed by atoms with Crippen molar-refractivity contribution >= 4 is 11.9 Å². The molecule has 0 aliphatic heterocycles. The number of rotatable bonds is 6. The molecule has 0 saturated carbocycles. The maximum absolute atomic E-state index is 11.7. The van der Waals surface area contributed by atoms with Crippen LogP contribution in [0.3, 0.4) is 0 Å². The molecule has 0 radical (unpaired) electrons. The monoisotopic (exact) mass is 282 g/mol. The lowest BCUT2D eigenvalue weighted by Gasteiger charge is -2.19. The number of ether oxygens (including phenoxy) is 1. The molecule has 0 fully saturated rings. The molecule has 3 atom stereocenters. The average Bonchev–Trinajstić information content (AvgIpc) is 2.40. The van der Waals surface area contributed by atoms with Crippen molar-refractivity contribution < 1.29 is 24.5 Å². The summed E-state index contributed by atoms with van der Waals surface area (Å²) in [5, 5.41) is 17.8. The van der Waals surface area contributed by atoms with Gasteiger partial charge in [-0.25, -0.2) is 0 Å². The highest BCUT2D eigenvalue weighted by atomic mass is 16.5. The first kappa shape index (κ1) is 15.9. The normalized spacial score (nSPS) is 15.2. The maximum Gasteiger partial charge on any atom is 0.324 e. The maximum atomic E-state index is 11.7. The Kier molecular flexibility index (Phi) is 5.48. The minimum Gasteiger partial charge on any atom is -0.508 e. The van der Waals surface area contributed by atoms with E-state index in [2.05, 4.69) is 0 Å². The SMILES string of the molecule is C[C@@H](OC(=O)[C@@H](N)Cc1ccc(O)cc1)[C@H](N)C(=O)O. The van der Waals surface area contributed by atoms with E-state index in [0.717, 1.165) is 5.56 Å². The molecule has 0 amide bonds. The Balaban J connectivity index is 2.54. The van der Waals surface area contributed by atoms with Crippen LogP contribution < -0.4 is 11.5 Å². The number of carboxylic acid groups (broad SMARTS) is 1. The highest BCUT2D eigenvalue weighted by Crippen LogP contribution is 2.11. The summed E-state index contributed by atoms with van der Waals surface area (Å²) in [5.74, 6) is -1.86. The Morgan fingerprint density at radius 2 is 1.80 bits per heavy atom. The zero-order valence-electron chi connectivity index (χ0n) is 11.0. The predicted octanol–water partition coefficient (Wildman–Crippen LogP) is -0.394. The van der Waals surface area contributed by atoms with E-state index in [0.29, 0.717) is 0 Å². The Morgan fingerprint density at radius 3 is 2.30 bits per heavy atom. The number of benzene rings is 1. The summed E-state index contributed by atoms with van der Waals surface area (Å²) in [5.41, 5.74) is 11.8. The number of carbonyl (C=O) groups excluding carboxylic acids is 1. The third kappa shape index (κ3) is 4.52. The fraction of sp³-hybridized carbons (Fsp3) is 0.385. The van der Waals surface area contributed by atoms with E-state index in [1.807, 2.05) is 0 Å². The van der Waals surface area contributed by atoms with Crippen molar-refractivity contribution in [2.45, 2.75) is 31.5 Å². The van der Waals surface area contributed by atoms with Crippen LogP contribution in [0.5, 0.6) is 5.75 Å². The molecule has 0 aromatic heterocycles.